The second kappa shape index (κ2) is 8.01. The van der Waals surface area contributed by atoms with Crippen LogP contribution < -0.4 is 0 Å². The standard InChI is InChI=1S/C23H24N4O3/c28-22-23(30-12-10-27(22)14-18-5-8-24-9-6-18)17-26(15-20-4-2-11-29-20)16-21(23)19-3-1-7-25-13-19/h1-9,11,13,21H,10,12,14-17H2/t21-,23-/m0/s1. The lowest BCUT2D eigenvalue weighted by atomic mass is 9.83. The summed E-state index contributed by atoms with van der Waals surface area (Å²) < 4.78 is 11.9. The fraction of sp³-hybridized carbons (Fsp3) is 0.348. The van der Waals surface area contributed by atoms with E-state index in [-0.39, 0.29) is 11.8 Å². The number of likely N-dealkylation sites (tertiary alicyclic amines) is 1. The maximum atomic E-state index is 13.8. The monoisotopic (exact) mass is 404 g/mol. The highest BCUT2D eigenvalue weighted by Gasteiger charge is 2.57. The lowest BCUT2D eigenvalue weighted by Crippen LogP contribution is -2.59. The summed E-state index contributed by atoms with van der Waals surface area (Å²) in [6, 6.07) is 11.7. The first-order valence-electron chi connectivity index (χ1n) is 10.2. The van der Waals surface area contributed by atoms with Crippen molar-refractivity contribution < 1.29 is 13.9 Å². The Balaban J connectivity index is 1.45. The van der Waals surface area contributed by atoms with Gasteiger partial charge in [0.1, 0.15) is 5.76 Å². The SMILES string of the molecule is O=C1N(Cc2ccncc2)CCO[C@]12CN(Cc1ccco1)C[C@H]2c1cccnc1. The van der Waals surface area contributed by atoms with Gasteiger partial charge < -0.3 is 14.1 Å². The van der Waals surface area contributed by atoms with Crippen molar-refractivity contribution in [3.05, 3.63) is 84.3 Å². The summed E-state index contributed by atoms with van der Waals surface area (Å²) in [7, 11) is 0. The molecule has 0 N–H and O–H groups in total. The van der Waals surface area contributed by atoms with Crippen LogP contribution in [0, 0.1) is 0 Å². The Labute approximate surface area is 175 Å². The molecule has 0 unspecified atom stereocenters. The first kappa shape index (κ1) is 19.0. The van der Waals surface area contributed by atoms with E-state index < -0.39 is 5.60 Å². The first-order chi connectivity index (χ1) is 14.7. The number of hydrogen-bond donors (Lipinski definition) is 0. The molecule has 0 radical (unpaired) electrons. The molecule has 1 spiro atoms. The summed E-state index contributed by atoms with van der Waals surface area (Å²) in [5.41, 5.74) is 1.18. The molecular formula is C23H24N4O3. The number of pyridine rings is 2. The number of nitrogens with zero attached hydrogens (tertiary/aromatic N) is 4. The summed E-state index contributed by atoms with van der Waals surface area (Å²) in [5.74, 6) is 0.837. The normalized spacial score (nSPS) is 24.6. The molecule has 7 nitrogen and oxygen atoms in total. The van der Waals surface area contributed by atoms with E-state index in [9.17, 15) is 4.79 Å². The Kier molecular flexibility index (Phi) is 5.06. The van der Waals surface area contributed by atoms with Gasteiger partial charge >= 0.3 is 0 Å². The third-order valence-electron chi connectivity index (χ3n) is 6.00. The fourth-order valence-electron chi connectivity index (χ4n) is 4.60. The van der Waals surface area contributed by atoms with Crippen molar-refractivity contribution in [2.24, 2.45) is 0 Å². The molecule has 3 aromatic rings. The Morgan fingerprint density at radius 1 is 1.07 bits per heavy atom. The molecule has 5 rings (SSSR count). The number of ether oxygens (including phenoxy) is 1. The molecule has 154 valence electrons. The Hall–Kier alpha value is -3.03. The second-order valence-electron chi connectivity index (χ2n) is 7.91. The van der Waals surface area contributed by atoms with E-state index in [4.69, 9.17) is 9.15 Å². The fourth-order valence-corrected chi connectivity index (χ4v) is 4.60. The number of carbonyl (C=O) groups is 1. The highest BCUT2D eigenvalue weighted by molar-refractivity contribution is 5.88. The molecule has 2 fully saturated rings. The number of amides is 1. The van der Waals surface area contributed by atoms with Gasteiger partial charge in [-0.1, -0.05) is 6.07 Å². The minimum absolute atomic E-state index is 0.0429. The van der Waals surface area contributed by atoms with Crippen LogP contribution in [0.2, 0.25) is 0 Å². The van der Waals surface area contributed by atoms with E-state index >= 15 is 0 Å². The zero-order valence-electron chi connectivity index (χ0n) is 16.7. The number of aromatic nitrogens is 2. The topological polar surface area (TPSA) is 71.7 Å². The third-order valence-corrected chi connectivity index (χ3v) is 6.00. The lowest BCUT2D eigenvalue weighted by molar-refractivity contribution is -0.173. The van der Waals surface area contributed by atoms with Gasteiger partial charge in [-0.05, 0) is 41.5 Å². The van der Waals surface area contributed by atoms with Crippen molar-refractivity contribution in [1.82, 2.24) is 19.8 Å². The van der Waals surface area contributed by atoms with Crippen LogP contribution in [-0.4, -0.2) is 57.5 Å². The van der Waals surface area contributed by atoms with Gasteiger partial charge in [0.2, 0.25) is 0 Å². The molecule has 3 aromatic heterocycles. The van der Waals surface area contributed by atoms with Crippen LogP contribution in [0.4, 0.5) is 0 Å². The molecule has 1 amide bonds. The van der Waals surface area contributed by atoms with Gasteiger partial charge in [0, 0.05) is 56.9 Å². The van der Waals surface area contributed by atoms with Gasteiger partial charge in [0.15, 0.2) is 5.60 Å². The lowest BCUT2D eigenvalue weighted by Gasteiger charge is -2.42. The number of morpholine rings is 1. The summed E-state index contributed by atoms with van der Waals surface area (Å²) in [6.45, 7) is 3.54. The molecule has 0 saturated carbocycles. The minimum atomic E-state index is -0.916. The van der Waals surface area contributed by atoms with Gasteiger partial charge in [-0.15, -0.1) is 0 Å². The van der Waals surface area contributed by atoms with Crippen LogP contribution >= 0.6 is 0 Å². The molecule has 2 saturated heterocycles. The predicted molar refractivity (Wildman–Crippen MR) is 109 cm³/mol. The Bertz CT molecular complexity index is 980. The smallest absolute Gasteiger partial charge is 0.257 e. The van der Waals surface area contributed by atoms with Crippen molar-refractivity contribution in [2.75, 3.05) is 26.2 Å². The summed E-state index contributed by atoms with van der Waals surface area (Å²) in [4.78, 5) is 26.3. The van der Waals surface area contributed by atoms with E-state index in [1.165, 1.54) is 0 Å². The molecule has 30 heavy (non-hydrogen) atoms. The van der Waals surface area contributed by atoms with Crippen molar-refractivity contribution in [3.63, 3.8) is 0 Å². The van der Waals surface area contributed by atoms with Gasteiger partial charge in [0.25, 0.3) is 5.91 Å². The van der Waals surface area contributed by atoms with Crippen molar-refractivity contribution in [3.8, 4) is 0 Å². The number of furan rings is 1. The molecule has 7 heteroatoms. The highest BCUT2D eigenvalue weighted by atomic mass is 16.5. The van der Waals surface area contributed by atoms with Crippen LogP contribution in [0.25, 0.3) is 0 Å². The number of hydrogen-bond acceptors (Lipinski definition) is 6. The van der Waals surface area contributed by atoms with Crippen molar-refractivity contribution >= 4 is 5.91 Å². The third kappa shape index (κ3) is 3.51. The molecule has 0 bridgehead atoms. The van der Waals surface area contributed by atoms with Crippen LogP contribution in [-0.2, 0) is 22.6 Å². The zero-order chi connectivity index (χ0) is 20.4. The molecule has 2 aliphatic heterocycles. The first-order valence-corrected chi connectivity index (χ1v) is 10.2. The minimum Gasteiger partial charge on any atom is -0.468 e. The number of carbonyl (C=O) groups excluding carboxylic acids is 1. The van der Waals surface area contributed by atoms with E-state index in [2.05, 4.69) is 14.9 Å². The quantitative estimate of drug-likeness (QED) is 0.651. The number of rotatable bonds is 5. The van der Waals surface area contributed by atoms with Crippen molar-refractivity contribution in [2.45, 2.75) is 24.6 Å². The molecule has 0 aromatic carbocycles. The van der Waals surface area contributed by atoms with Gasteiger partial charge in [-0.2, -0.15) is 0 Å². The van der Waals surface area contributed by atoms with Crippen LogP contribution in [0.3, 0.4) is 0 Å². The molecular weight excluding hydrogens is 380 g/mol. The summed E-state index contributed by atoms with van der Waals surface area (Å²) in [5, 5.41) is 0. The maximum Gasteiger partial charge on any atom is 0.257 e. The molecule has 2 atom stereocenters. The molecule has 5 heterocycles. The summed E-state index contributed by atoms with van der Waals surface area (Å²) in [6.07, 6.45) is 8.80. The predicted octanol–water partition coefficient (Wildman–Crippen LogP) is 2.47. The Morgan fingerprint density at radius 3 is 2.73 bits per heavy atom. The molecule has 0 aliphatic carbocycles. The van der Waals surface area contributed by atoms with E-state index in [0.29, 0.717) is 39.3 Å². The second-order valence-corrected chi connectivity index (χ2v) is 7.91. The largest absolute Gasteiger partial charge is 0.468 e. The summed E-state index contributed by atoms with van der Waals surface area (Å²) >= 11 is 0. The van der Waals surface area contributed by atoms with Gasteiger partial charge in [-0.3, -0.25) is 19.7 Å². The average Bonchev–Trinajstić information content (AvgIpc) is 3.42. The molecule has 2 aliphatic rings. The van der Waals surface area contributed by atoms with Crippen molar-refractivity contribution in [1.29, 1.82) is 0 Å². The van der Waals surface area contributed by atoms with E-state index in [1.807, 2.05) is 47.5 Å². The van der Waals surface area contributed by atoms with Crippen LogP contribution in [0.15, 0.2) is 71.9 Å². The van der Waals surface area contributed by atoms with Crippen LogP contribution in [0.5, 0.6) is 0 Å². The zero-order valence-corrected chi connectivity index (χ0v) is 16.7. The van der Waals surface area contributed by atoms with Gasteiger partial charge in [-0.25, -0.2) is 0 Å². The average molecular weight is 404 g/mol. The van der Waals surface area contributed by atoms with Crippen LogP contribution in [0.1, 0.15) is 22.8 Å². The highest BCUT2D eigenvalue weighted by Crippen LogP contribution is 2.42. The van der Waals surface area contributed by atoms with E-state index in [0.717, 1.165) is 16.9 Å². The Morgan fingerprint density at radius 2 is 1.97 bits per heavy atom. The maximum absolute atomic E-state index is 13.8. The van der Waals surface area contributed by atoms with Gasteiger partial charge in [0.05, 0.1) is 19.4 Å². The van der Waals surface area contributed by atoms with E-state index in [1.54, 1.807) is 24.9 Å².